The van der Waals surface area contributed by atoms with Gasteiger partial charge in [0.2, 0.25) is 0 Å². The van der Waals surface area contributed by atoms with E-state index in [1.54, 1.807) is 6.20 Å². The van der Waals surface area contributed by atoms with Crippen LogP contribution >= 0.6 is 15.9 Å². The Morgan fingerprint density at radius 1 is 1.53 bits per heavy atom. The summed E-state index contributed by atoms with van der Waals surface area (Å²) in [6, 6.07) is 0.509. The number of anilines is 1. The summed E-state index contributed by atoms with van der Waals surface area (Å²) in [5.41, 5.74) is 6.00. The van der Waals surface area contributed by atoms with E-state index >= 15 is 0 Å². The number of nitrogens with zero attached hydrogens (tertiary/aromatic N) is 2. The van der Waals surface area contributed by atoms with Gasteiger partial charge in [-0.25, -0.2) is 4.68 Å². The monoisotopic (exact) mass is 271 g/mol. The molecule has 1 aromatic heterocycles. The van der Waals surface area contributed by atoms with Crippen LogP contribution in [-0.4, -0.2) is 9.78 Å². The van der Waals surface area contributed by atoms with Crippen molar-refractivity contribution in [2.45, 2.75) is 45.1 Å². The van der Waals surface area contributed by atoms with Crippen LogP contribution in [0.5, 0.6) is 0 Å². The van der Waals surface area contributed by atoms with Gasteiger partial charge in [0.15, 0.2) is 0 Å². The first-order valence-corrected chi connectivity index (χ1v) is 6.51. The van der Waals surface area contributed by atoms with E-state index in [2.05, 4.69) is 28.0 Å². The zero-order valence-corrected chi connectivity index (χ0v) is 10.7. The maximum Gasteiger partial charge on any atom is 0.136 e. The Kier molecular flexibility index (Phi) is 3.34. The largest absolute Gasteiger partial charge is 0.383 e. The van der Waals surface area contributed by atoms with Crippen LogP contribution in [-0.2, 0) is 0 Å². The fourth-order valence-electron chi connectivity index (χ4n) is 2.60. The number of nitrogens with two attached hydrogens (primary N) is 1. The molecule has 2 atom stereocenters. The van der Waals surface area contributed by atoms with E-state index in [0.717, 1.165) is 16.2 Å². The standard InChI is InChI=1S/C11H18BrN3/c1-2-8-5-3-4-6-10(8)15-11(13)9(12)7-14-15/h7-8,10H,2-6,13H2,1H3. The number of hydrogen-bond donors (Lipinski definition) is 1. The quantitative estimate of drug-likeness (QED) is 0.897. The van der Waals surface area contributed by atoms with Crippen molar-refractivity contribution in [3.63, 3.8) is 0 Å². The van der Waals surface area contributed by atoms with Crippen LogP contribution in [0.1, 0.15) is 45.1 Å². The first-order valence-electron chi connectivity index (χ1n) is 5.72. The van der Waals surface area contributed by atoms with Crippen LogP contribution in [0.15, 0.2) is 10.7 Å². The Morgan fingerprint density at radius 3 is 2.87 bits per heavy atom. The molecule has 1 fully saturated rings. The molecule has 0 radical (unpaired) electrons. The van der Waals surface area contributed by atoms with Gasteiger partial charge in [0.25, 0.3) is 0 Å². The van der Waals surface area contributed by atoms with Gasteiger partial charge in [0.05, 0.1) is 16.7 Å². The minimum absolute atomic E-state index is 0.509. The Labute approximate surface area is 99.2 Å². The van der Waals surface area contributed by atoms with Crippen molar-refractivity contribution in [3.8, 4) is 0 Å². The predicted octanol–water partition coefficient (Wildman–Crippen LogP) is 3.37. The third-order valence-corrected chi connectivity index (χ3v) is 4.11. The second-order valence-electron chi connectivity index (χ2n) is 4.34. The van der Waals surface area contributed by atoms with Gasteiger partial charge >= 0.3 is 0 Å². The molecule has 15 heavy (non-hydrogen) atoms. The molecule has 1 heterocycles. The van der Waals surface area contributed by atoms with Crippen molar-refractivity contribution in [2.75, 3.05) is 5.73 Å². The summed E-state index contributed by atoms with van der Waals surface area (Å²) in [5.74, 6) is 1.52. The van der Waals surface area contributed by atoms with Crippen molar-refractivity contribution in [1.82, 2.24) is 9.78 Å². The molecule has 0 bridgehead atoms. The lowest BCUT2D eigenvalue weighted by Crippen LogP contribution is -2.24. The Hall–Kier alpha value is -0.510. The molecule has 4 heteroatoms. The Bertz CT molecular complexity index is 335. The smallest absolute Gasteiger partial charge is 0.136 e. The van der Waals surface area contributed by atoms with Gasteiger partial charge in [0, 0.05) is 0 Å². The van der Waals surface area contributed by atoms with Gasteiger partial charge in [-0.2, -0.15) is 5.10 Å². The van der Waals surface area contributed by atoms with Gasteiger partial charge in [-0.05, 0) is 34.7 Å². The van der Waals surface area contributed by atoms with Crippen LogP contribution in [0.3, 0.4) is 0 Å². The van der Waals surface area contributed by atoms with E-state index in [1.807, 2.05) is 4.68 Å². The zero-order chi connectivity index (χ0) is 10.8. The normalized spacial score (nSPS) is 26.8. The highest BCUT2D eigenvalue weighted by Crippen LogP contribution is 2.37. The van der Waals surface area contributed by atoms with Gasteiger partial charge < -0.3 is 5.73 Å². The fourth-order valence-corrected chi connectivity index (χ4v) is 2.87. The summed E-state index contributed by atoms with van der Waals surface area (Å²) in [6.07, 6.45) is 8.22. The zero-order valence-electron chi connectivity index (χ0n) is 9.12. The maximum atomic E-state index is 6.00. The molecule has 2 unspecified atom stereocenters. The van der Waals surface area contributed by atoms with E-state index in [9.17, 15) is 0 Å². The van der Waals surface area contributed by atoms with Crippen LogP contribution in [0.4, 0.5) is 5.82 Å². The van der Waals surface area contributed by atoms with E-state index < -0.39 is 0 Å². The first-order chi connectivity index (χ1) is 7.24. The minimum atomic E-state index is 0.509. The van der Waals surface area contributed by atoms with Crippen molar-refractivity contribution in [2.24, 2.45) is 5.92 Å². The number of nitrogen functional groups attached to an aromatic ring is 1. The van der Waals surface area contributed by atoms with Gasteiger partial charge in [0.1, 0.15) is 5.82 Å². The van der Waals surface area contributed by atoms with E-state index in [4.69, 9.17) is 5.73 Å². The number of halogens is 1. The molecule has 0 amide bonds. The molecule has 2 N–H and O–H groups in total. The highest BCUT2D eigenvalue weighted by Gasteiger charge is 2.27. The van der Waals surface area contributed by atoms with Crippen LogP contribution in [0, 0.1) is 5.92 Å². The second-order valence-corrected chi connectivity index (χ2v) is 5.20. The van der Waals surface area contributed by atoms with E-state index in [-0.39, 0.29) is 0 Å². The highest BCUT2D eigenvalue weighted by atomic mass is 79.9. The van der Waals surface area contributed by atoms with E-state index in [1.165, 1.54) is 32.1 Å². The fraction of sp³-hybridized carbons (Fsp3) is 0.727. The second kappa shape index (κ2) is 4.56. The lowest BCUT2D eigenvalue weighted by Gasteiger charge is -2.31. The number of hydrogen-bond acceptors (Lipinski definition) is 2. The molecule has 84 valence electrons. The summed E-state index contributed by atoms with van der Waals surface area (Å²) in [7, 11) is 0. The summed E-state index contributed by atoms with van der Waals surface area (Å²) >= 11 is 3.42. The topological polar surface area (TPSA) is 43.8 Å². The van der Waals surface area contributed by atoms with Gasteiger partial charge in [-0.15, -0.1) is 0 Å². The molecule has 0 saturated heterocycles. The third-order valence-electron chi connectivity index (χ3n) is 3.49. The number of aromatic nitrogens is 2. The lowest BCUT2D eigenvalue weighted by molar-refractivity contribution is 0.220. The van der Waals surface area contributed by atoms with Crippen LogP contribution < -0.4 is 5.73 Å². The molecule has 0 aliphatic heterocycles. The molecule has 0 spiro atoms. The summed E-state index contributed by atoms with van der Waals surface area (Å²) in [4.78, 5) is 0. The number of rotatable bonds is 2. The summed E-state index contributed by atoms with van der Waals surface area (Å²) in [5, 5.41) is 4.38. The highest BCUT2D eigenvalue weighted by molar-refractivity contribution is 9.10. The SMILES string of the molecule is CCC1CCCCC1n1ncc(Br)c1N. The molecule has 1 aromatic rings. The van der Waals surface area contributed by atoms with E-state index in [0.29, 0.717) is 6.04 Å². The van der Waals surface area contributed by atoms with Crippen molar-refractivity contribution < 1.29 is 0 Å². The van der Waals surface area contributed by atoms with Crippen molar-refractivity contribution in [1.29, 1.82) is 0 Å². The maximum absolute atomic E-state index is 6.00. The third kappa shape index (κ3) is 2.05. The average molecular weight is 272 g/mol. The molecule has 1 aliphatic carbocycles. The van der Waals surface area contributed by atoms with Gasteiger partial charge in [-0.3, -0.25) is 0 Å². The summed E-state index contributed by atoms with van der Waals surface area (Å²) in [6.45, 7) is 2.26. The van der Waals surface area contributed by atoms with Crippen molar-refractivity contribution in [3.05, 3.63) is 10.7 Å². The molecule has 2 rings (SSSR count). The minimum Gasteiger partial charge on any atom is -0.383 e. The first kappa shape index (κ1) is 11.0. The van der Waals surface area contributed by atoms with Crippen LogP contribution in [0.2, 0.25) is 0 Å². The summed E-state index contributed by atoms with van der Waals surface area (Å²) < 4.78 is 2.93. The molecule has 1 aliphatic rings. The molecule has 3 nitrogen and oxygen atoms in total. The van der Waals surface area contributed by atoms with Gasteiger partial charge in [-0.1, -0.05) is 26.2 Å². The molecule has 0 aromatic carbocycles. The average Bonchev–Trinajstić information content (AvgIpc) is 2.60. The van der Waals surface area contributed by atoms with Crippen LogP contribution in [0.25, 0.3) is 0 Å². The predicted molar refractivity (Wildman–Crippen MR) is 65.6 cm³/mol. The molecular weight excluding hydrogens is 254 g/mol. The molecular formula is C11H18BrN3. The Morgan fingerprint density at radius 2 is 2.27 bits per heavy atom. The Balaban J connectivity index is 2.24. The van der Waals surface area contributed by atoms with Crippen molar-refractivity contribution >= 4 is 21.7 Å². The molecule has 1 saturated carbocycles. The lowest BCUT2D eigenvalue weighted by atomic mass is 9.83.